The zero-order valence-electron chi connectivity index (χ0n) is 10.2. The van der Waals surface area contributed by atoms with Crippen molar-refractivity contribution in [3.8, 4) is 0 Å². The SMILES string of the molecule is Cn1ccc2c(Nc3cccc(Cl)c3)ncc(Br)c21. The summed E-state index contributed by atoms with van der Waals surface area (Å²) >= 11 is 9.51. The Kier molecular flexibility index (Phi) is 3.21. The molecule has 0 aliphatic carbocycles. The molecule has 0 unspecified atom stereocenters. The molecule has 5 heteroatoms. The Hall–Kier alpha value is -1.52. The molecule has 96 valence electrons. The Morgan fingerprint density at radius 3 is 2.95 bits per heavy atom. The van der Waals surface area contributed by atoms with Gasteiger partial charge in [-0.15, -0.1) is 0 Å². The predicted octanol–water partition coefficient (Wildman–Crippen LogP) is 4.73. The number of pyridine rings is 1. The number of nitrogens with one attached hydrogen (secondary N) is 1. The van der Waals surface area contributed by atoms with Crippen LogP contribution in [0.5, 0.6) is 0 Å². The molecule has 0 amide bonds. The van der Waals surface area contributed by atoms with Crippen molar-refractivity contribution < 1.29 is 0 Å². The maximum atomic E-state index is 5.99. The van der Waals surface area contributed by atoms with E-state index in [-0.39, 0.29) is 0 Å². The minimum absolute atomic E-state index is 0.700. The van der Waals surface area contributed by atoms with Crippen molar-refractivity contribution in [1.29, 1.82) is 0 Å². The Morgan fingerprint density at radius 1 is 1.32 bits per heavy atom. The first-order valence-corrected chi connectivity index (χ1v) is 6.94. The molecular formula is C14H11BrClN3. The van der Waals surface area contributed by atoms with E-state index in [0.717, 1.165) is 26.9 Å². The van der Waals surface area contributed by atoms with Crippen LogP contribution < -0.4 is 5.32 Å². The molecule has 1 N–H and O–H groups in total. The second kappa shape index (κ2) is 4.87. The Morgan fingerprint density at radius 2 is 2.16 bits per heavy atom. The second-order valence-electron chi connectivity index (χ2n) is 4.28. The highest BCUT2D eigenvalue weighted by Crippen LogP contribution is 2.30. The van der Waals surface area contributed by atoms with Crippen LogP contribution >= 0.6 is 27.5 Å². The Labute approximate surface area is 124 Å². The molecule has 2 aromatic heterocycles. The van der Waals surface area contributed by atoms with Gasteiger partial charge in [0.05, 0.1) is 9.99 Å². The number of anilines is 2. The maximum Gasteiger partial charge on any atom is 0.139 e. The molecule has 1 aromatic carbocycles. The first-order chi connectivity index (χ1) is 9.15. The number of halogens is 2. The lowest BCUT2D eigenvalue weighted by Crippen LogP contribution is -1.95. The number of hydrogen-bond donors (Lipinski definition) is 1. The molecule has 0 atom stereocenters. The number of rotatable bonds is 2. The van der Waals surface area contributed by atoms with Gasteiger partial charge < -0.3 is 9.88 Å². The summed E-state index contributed by atoms with van der Waals surface area (Å²) in [5.74, 6) is 0.820. The minimum Gasteiger partial charge on any atom is -0.349 e. The largest absolute Gasteiger partial charge is 0.349 e. The van der Waals surface area contributed by atoms with Gasteiger partial charge in [-0.3, -0.25) is 0 Å². The summed E-state index contributed by atoms with van der Waals surface area (Å²) in [5, 5.41) is 5.07. The monoisotopic (exact) mass is 335 g/mol. The number of aromatic nitrogens is 2. The molecule has 0 fully saturated rings. The van der Waals surface area contributed by atoms with Crippen molar-refractivity contribution in [2.45, 2.75) is 0 Å². The standard InChI is InChI=1S/C14H11BrClN3/c1-19-6-5-11-13(19)12(15)8-17-14(11)18-10-4-2-3-9(16)7-10/h2-8H,1H3,(H,17,18). The van der Waals surface area contributed by atoms with Crippen molar-refractivity contribution >= 4 is 49.9 Å². The van der Waals surface area contributed by atoms with E-state index in [4.69, 9.17) is 11.6 Å². The average Bonchev–Trinajstić information content (AvgIpc) is 2.76. The summed E-state index contributed by atoms with van der Waals surface area (Å²) in [7, 11) is 2.01. The third-order valence-corrected chi connectivity index (χ3v) is 3.76. The maximum absolute atomic E-state index is 5.99. The normalized spacial score (nSPS) is 10.9. The number of nitrogens with zero attached hydrogens (tertiary/aromatic N) is 2. The molecular weight excluding hydrogens is 326 g/mol. The van der Waals surface area contributed by atoms with Gasteiger partial charge in [0.2, 0.25) is 0 Å². The van der Waals surface area contributed by atoms with Crippen LogP contribution in [-0.2, 0) is 7.05 Å². The van der Waals surface area contributed by atoms with Gasteiger partial charge in [0.25, 0.3) is 0 Å². The molecule has 19 heavy (non-hydrogen) atoms. The highest BCUT2D eigenvalue weighted by Gasteiger charge is 2.09. The highest BCUT2D eigenvalue weighted by atomic mass is 79.9. The van der Waals surface area contributed by atoms with Crippen molar-refractivity contribution in [3.63, 3.8) is 0 Å². The summed E-state index contributed by atoms with van der Waals surface area (Å²) in [6.07, 6.45) is 3.81. The Balaban J connectivity index is 2.09. The molecule has 0 saturated heterocycles. The van der Waals surface area contributed by atoms with Crippen LogP contribution in [0.1, 0.15) is 0 Å². The summed E-state index contributed by atoms with van der Waals surface area (Å²) in [5.41, 5.74) is 2.03. The lowest BCUT2D eigenvalue weighted by atomic mass is 10.2. The second-order valence-corrected chi connectivity index (χ2v) is 5.57. The number of benzene rings is 1. The van der Waals surface area contributed by atoms with Gasteiger partial charge in [0.15, 0.2) is 0 Å². The molecule has 0 aliphatic rings. The van der Waals surface area contributed by atoms with E-state index < -0.39 is 0 Å². The van der Waals surface area contributed by atoms with E-state index in [2.05, 4.69) is 30.8 Å². The van der Waals surface area contributed by atoms with Gasteiger partial charge in [-0.2, -0.15) is 0 Å². The van der Waals surface area contributed by atoms with Gasteiger partial charge >= 0.3 is 0 Å². The molecule has 0 saturated carbocycles. The van der Waals surface area contributed by atoms with Gasteiger partial charge in [-0.25, -0.2) is 4.98 Å². The summed E-state index contributed by atoms with van der Waals surface area (Å²) < 4.78 is 3.04. The average molecular weight is 337 g/mol. The van der Waals surface area contributed by atoms with E-state index in [1.165, 1.54) is 0 Å². The molecule has 0 radical (unpaired) electrons. The lowest BCUT2D eigenvalue weighted by Gasteiger charge is -2.08. The number of hydrogen-bond acceptors (Lipinski definition) is 2. The lowest BCUT2D eigenvalue weighted by molar-refractivity contribution is 0.965. The van der Waals surface area contributed by atoms with Gasteiger partial charge in [0, 0.05) is 35.5 Å². The number of fused-ring (bicyclic) bond motifs is 1. The summed E-state index contributed by atoms with van der Waals surface area (Å²) in [6, 6.07) is 9.63. The quantitative estimate of drug-likeness (QED) is 0.733. The van der Waals surface area contributed by atoms with Gasteiger partial charge in [-0.1, -0.05) is 17.7 Å². The third-order valence-electron chi connectivity index (χ3n) is 2.95. The Bertz CT molecular complexity index is 752. The van der Waals surface area contributed by atoms with Crippen LogP contribution in [0.4, 0.5) is 11.5 Å². The molecule has 0 spiro atoms. The zero-order chi connectivity index (χ0) is 13.4. The van der Waals surface area contributed by atoms with Crippen LogP contribution in [0, 0.1) is 0 Å². The zero-order valence-corrected chi connectivity index (χ0v) is 12.5. The fourth-order valence-corrected chi connectivity index (χ4v) is 2.86. The summed E-state index contributed by atoms with van der Waals surface area (Å²) in [6.45, 7) is 0. The van der Waals surface area contributed by atoms with Crippen molar-refractivity contribution in [2.75, 3.05) is 5.32 Å². The van der Waals surface area contributed by atoms with Crippen molar-refractivity contribution in [3.05, 3.63) is 52.2 Å². The molecule has 3 rings (SSSR count). The fraction of sp³-hybridized carbons (Fsp3) is 0.0714. The van der Waals surface area contributed by atoms with E-state index in [1.807, 2.05) is 43.6 Å². The van der Waals surface area contributed by atoms with Crippen LogP contribution in [0.15, 0.2) is 47.2 Å². The predicted molar refractivity (Wildman–Crippen MR) is 83.1 cm³/mol. The van der Waals surface area contributed by atoms with E-state index in [9.17, 15) is 0 Å². The topological polar surface area (TPSA) is 29.9 Å². The molecule has 0 aliphatic heterocycles. The van der Waals surface area contributed by atoms with E-state index >= 15 is 0 Å². The van der Waals surface area contributed by atoms with Crippen molar-refractivity contribution in [1.82, 2.24) is 9.55 Å². The van der Waals surface area contributed by atoms with Crippen LogP contribution in [0.3, 0.4) is 0 Å². The molecule has 3 aromatic rings. The van der Waals surface area contributed by atoms with Crippen LogP contribution in [0.2, 0.25) is 5.02 Å². The van der Waals surface area contributed by atoms with Crippen LogP contribution in [0.25, 0.3) is 10.9 Å². The van der Waals surface area contributed by atoms with E-state index in [1.54, 1.807) is 6.20 Å². The van der Waals surface area contributed by atoms with Crippen molar-refractivity contribution in [2.24, 2.45) is 7.05 Å². The molecule has 3 nitrogen and oxygen atoms in total. The summed E-state index contributed by atoms with van der Waals surface area (Å²) in [4.78, 5) is 4.43. The molecule has 0 bridgehead atoms. The third kappa shape index (κ3) is 2.33. The molecule has 2 heterocycles. The fourth-order valence-electron chi connectivity index (χ4n) is 2.07. The van der Waals surface area contributed by atoms with Gasteiger partial charge in [-0.05, 0) is 40.2 Å². The first kappa shape index (κ1) is 12.5. The van der Waals surface area contributed by atoms with E-state index in [0.29, 0.717) is 5.02 Å². The minimum atomic E-state index is 0.700. The first-order valence-electron chi connectivity index (χ1n) is 5.77. The number of aryl methyl sites for hydroxylation is 1. The smallest absolute Gasteiger partial charge is 0.139 e. The highest BCUT2D eigenvalue weighted by molar-refractivity contribution is 9.10. The van der Waals surface area contributed by atoms with Crippen LogP contribution in [-0.4, -0.2) is 9.55 Å². The van der Waals surface area contributed by atoms with Gasteiger partial charge in [0.1, 0.15) is 5.82 Å².